The average Bonchev–Trinajstić information content (AvgIpc) is 3.17. The van der Waals surface area contributed by atoms with Crippen molar-refractivity contribution in [3.63, 3.8) is 0 Å². The van der Waals surface area contributed by atoms with E-state index in [1.807, 2.05) is 12.1 Å². The van der Waals surface area contributed by atoms with Crippen molar-refractivity contribution in [3.8, 4) is 0 Å². The standard InChI is InChI=1S/C23H25Cl2FN2O/c1-2-3-7-18(25)19(26)12-15-14-27-22(10-5-4-6-11-22)23(15)17-9-8-16(24)13-20(17)28-21(23)29/h2-3,7-9,13,15,27H,1,4-6,10-12,14H2,(H,28,29)/b7-3-,19-18-/t15?,23-/m0/s1. The zero-order valence-electron chi connectivity index (χ0n) is 16.2. The van der Waals surface area contributed by atoms with Gasteiger partial charge >= 0.3 is 0 Å². The monoisotopic (exact) mass is 434 g/mol. The highest BCUT2D eigenvalue weighted by Crippen LogP contribution is 2.59. The van der Waals surface area contributed by atoms with Crippen molar-refractivity contribution < 1.29 is 9.18 Å². The Hall–Kier alpha value is -1.62. The van der Waals surface area contributed by atoms with E-state index in [1.54, 1.807) is 18.2 Å². The molecule has 0 aromatic heterocycles. The van der Waals surface area contributed by atoms with E-state index in [0.29, 0.717) is 11.6 Å². The minimum atomic E-state index is -0.829. The van der Waals surface area contributed by atoms with Gasteiger partial charge in [-0.15, -0.1) is 0 Å². The van der Waals surface area contributed by atoms with Crippen LogP contribution < -0.4 is 10.6 Å². The van der Waals surface area contributed by atoms with Gasteiger partial charge in [-0.3, -0.25) is 4.79 Å². The number of fused-ring (bicyclic) bond motifs is 3. The predicted octanol–water partition coefficient (Wildman–Crippen LogP) is 6.00. The summed E-state index contributed by atoms with van der Waals surface area (Å²) in [5.41, 5.74) is 0.463. The third kappa shape index (κ3) is 3.17. The molecule has 1 saturated heterocycles. The first kappa shape index (κ1) is 20.6. The van der Waals surface area contributed by atoms with Gasteiger partial charge in [-0.2, -0.15) is 0 Å². The Bertz CT molecular complexity index is 904. The van der Waals surface area contributed by atoms with Gasteiger partial charge in [0.05, 0.1) is 10.4 Å². The fourth-order valence-corrected chi connectivity index (χ4v) is 6.02. The number of amides is 1. The maximum atomic E-state index is 15.0. The molecule has 154 valence electrons. The maximum absolute atomic E-state index is 15.0. The van der Waals surface area contributed by atoms with Crippen LogP contribution in [-0.4, -0.2) is 18.0 Å². The summed E-state index contributed by atoms with van der Waals surface area (Å²) in [6, 6.07) is 5.55. The quantitative estimate of drug-likeness (QED) is 0.570. The van der Waals surface area contributed by atoms with E-state index in [9.17, 15) is 4.79 Å². The van der Waals surface area contributed by atoms with Crippen LogP contribution in [0.15, 0.2) is 53.9 Å². The number of halogens is 3. The van der Waals surface area contributed by atoms with Gasteiger partial charge in [0.2, 0.25) is 5.91 Å². The van der Waals surface area contributed by atoms with Gasteiger partial charge in [-0.1, -0.05) is 67.3 Å². The molecule has 29 heavy (non-hydrogen) atoms. The van der Waals surface area contributed by atoms with Gasteiger partial charge in [-0.05, 0) is 42.5 Å². The number of carbonyl (C=O) groups excluding carboxylic acids is 1. The molecule has 1 aromatic rings. The zero-order valence-corrected chi connectivity index (χ0v) is 17.8. The first-order valence-corrected chi connectivity index (χ1v) is 10.9. The molecule has 3 aliphatic rings. The molecule has 0 radical (unpaired) electrons. The van der Waals surface area contributed by atoms with Crippen molar-refractivity contribution in [2.75, 3.05) is 11.9 Å². The van der Waals surface area contributed by atoms with Gasteiger partial charge in [0.25, 0.3) is 0 Å². The summed E-state index contributed by atoms with van der Waals surface area (Å²) in [4.78, 5) is 13.6. The van der Waals surface area contributed by atoms with Gasteiger partial charge in [0.1, 0.15) is 5.83 Å². The Labute approximate surface area is 181 Å². The third-order valence-corrected chi connectivity index (χ3v) is 7.40. The second-order valence-corrected chi connectivity index (χ2v) is 9.07. The van der Waals surface area contributed by atoms with Gasteiger partial charge in [0.15, 0.2) is 0 Å². The Morgan fingerprint density at radius 2 is 2.07 bits per heavy atom. The van der Waals surface area contributed by atoms with Crippen LogP contribution in [-0.2, 0) is 10.2 Å². The van der Waals surface area contributed by atoms with Crippen LogP contribution in [0.5, 0.6) is 0 Å². The number of allylic oxidation sites excluding steroid dienone is 5. The van der Waals surface area contributed by atoms with Crippen LogP contribution in [0.4, 0.5) is 10.1 Å². The van der Waals surface area contributed by atoms with Crippen LogP contribution in [0.2, 0.25) is 5.02 Å². The second-order valence-electron chi connectivity index (χ2n) is 8.22. The number of nitrogens with one attached hydrogen (secondary N) is 2. The molecular formula is C23H25Cl2FN2O. The summed E-state index contributed by atoms with van der Waals surface area (Å²) in [5, 5.41) is 7.34. The SMILES string of the molecule is C=C/C=C\C(Cl)=C(\F)CC1CNC2(CCCCC2)[C@@]12C(=O)Nc1cc(Cl)ccc12. The molecule has 1 aliphatic carbocycles. The van der Waals surface area contributed by atoms with Crippen molar-refractivity contribution >= 4 is 34.8 Å². The fraction of sp³-hybridized carbons (Fsp3) is 0.435. The second kappa shape index (κ2) is 7.90. The number of rotatable bonds is 4. The lowest BCUT2D eigenvalue weighted by Gasteiger charge is -2.47. The molecule has 2 fully saturated rings. The van der Waals surface area contributed by atoms with Crippen molar-refractivity contribution in [3.05, 3.63) is 64.5 Å². The summed E-state index contributed by atoms with van der Waals surface area (Å²) in [6.07, 6.45) is 9.82. The summed E-state index contributed by atoms with van der Waals surface area (Å²) < 4.78 is 15.0. The van der Waals surface area contributed by atoms with E-state index in [-0.39, 0.29) is 28.8 Å². The maximum Gasteiger partial charge on any atom is 0.237 e. The zero-order chi connectivity index (χ0) is 20.6. The van der Waals surface area contributed by atoms with Crippen LogP contribution in [0, 0.1) is 5.92 Å². The molecular weight excluding hydrogens is 410 g/mol. The molecule has 6 heteroatoms. The molecule has 2 spiro atoms. The normalized spacial score (nSPS) is 28.7. The third-order valence-electron chi connectivity index (χ3n) is 6.84. The number of hydrogen-bond donors (Lipinski definition) is 2. The molecule has 1 amide bonds. The highest BCUT2D eigenvalue weighted by molar-refractivity contribution is 6.31. The van der Waals surface area contributed by atoms with Crippen molar-refractivity contribution in [1.29, 1.82) is 0 Å². The van der Waals surface area contributed by atoms with E-state index in [1.165, 1.54) is 6.08 Å². The highest BCUT2D eigenvalue weighted by atomic mass is 35.5. The summed E-state index contributed by atoms with van der Waals surface area (Å²) >= 11 is 12.3. The fourth-order valence-electron chi connectivity index (χ4n) is 5.70. The molecule has 4 rings (SSSR count). The van der Waals surface area contributed by atoms with Gasteiger partial charge < -0.3 is 10.6 Å². The van der Waals surface area contributed by atoms with E-state index in [2.05, 4.69) is 17.2 Å². The highest BCUT2D eigenvalue weighted by Gasteiger charge is 2.67. The molecule has 3 nitrogen and oxygen atoms in total. The van der Waals surface area contributed by atoms with E-state index >= 15 is 4.39 Å². The van der Waals surface area contributed by atoms with Crippen LogP contribution in [0.1, 0.15) is 44.1 Å². The van der Waals surface area contributed by atoms with E-state index in [0.717, 1.165) is 43.4 Å². The lowest BCUT2D eigenvalue weighted by Crippen LogP contribution is -2.60. The summed E-state index contributed by atoms with van der Waals surface area (Å²) in [6.45, 7) is 4.16. The minimum Gasteiger partial charge on any atom is -0.325 e. The van der Waals surface area contributed by atoms with E-state index < -0.39 is 11.2 Å². The number of anilines is 1. The Balaban J connectivity index is 1.82. The molecule has 2 atom stereocenters. The smallest absolute Gasteiger partial charge is 0.237 e. The van der Waals surface area contributed by atoms with Crippen molar-refractivity contribution in [1.82, 2.24) is 5.32 Å². The van der Waals surface area contributed by atoms with Crippen LogP contribution in [0.25, 0.3) is 0 Å². The average molecular weight is 435 g/mol. The first-order chi connectivity index (χ1) is 13.9. The molecule has 0 bridgehead atoms. The van der Waals surface area contributed by atoms with Gasteiger partial charge in [0, 0.05) is 29.2 Å². The summed E-state index contributed by atoms with van der Waals surface area (Å²) in [5.74, 6) is -0.704. The minimum absolute atomic E-state index is 0.0550. The molecule has 2 N–H and O–H groups in total. The number of benzene rings is 1. The van der Waals surface area contributed by atoms with Crippen LogP contribution >= 0.6 is 23.2 Å². The molecule has 2 aliphatic heterocycles. The Morgan fingerprint density at radius 1 is 1.31 bits per heavy atom. The lowest BCUT2D eigenvalue weighted by molar-refractivity contribution is -0.125. The van der Waals surface area contributed by atoms with E-state index in [4.69, 9.17) is 23.2 Å². The topological polar surface area (TPSA) is 41.1 Å². The molecule has 1 unspecified atom stereocenters. The van der Waals surface area contributed by atoms with Crippen molar-refractivity contribution in [2.24, 2.45) is 5.92 Å². The largest absolute Gasteiger partial charge is 0.325 e. The predicted molar refractivity (Wildman–Crippen MR) is 117 cm³/mol. The first-order valence-electron chi connectivity index (χ1n) is 10.1. The molecule has 2 heterocycles. The lowest BCUT2D eigenvalue weighted by atomic mass is 9.57. The summed E-state index contributed by atoms with van der Waals surface area (Å²) in [7, 11) is 0. The Kier molecular flexibility index (Phi) is 5.62. The molecule has 1 aromatic carbocycles. The Morgan fingerprint density at radius 3 is 2.79 bits per heavy atom. The van der Waals surface area contributed by atoms with Gasteiger partial charge in [-0.25, -0.2) is 4.39 Å². The van der Waals surface area contributed by atoms with Crippen molar-refractivity contribution in [2.45, 2.75) is 49.5 Å². The number of carbonyl (C=O) groups is 1. The number of hydrogen-bond acceptors (Lipinski definition) is 2. The molecule has 1 saturated carbocycles. The van der Waals surface area contributed by atoms with Crippen LogP contribution in [0.3, 0.4) is 0 Å².